The number of anilines is 1. The average molecular weight is 282 g/mol. The number of nitrogens with two attached hydrogens (primary N) is 1. The van der Waals surface area contributed by atoms with Gasteiger partial charge >= 0.3 is 0 Å². The molecule has 0 aliphatic heterocycles. The summed E-state index contributed by atoms with van der Waals surface area (Å²) in [6.45, 7) is 6.69. The Hall–Kier alpha value is -2.13. The lowest BCUT2D eigenvalue weighted by Gasteiger charge is -2.16. The zero-order valence-electron chi connectivity index (χ0n) is 12.8. The molecule has 0 aliphatic rings. The normalized spacial score (nSPS) is 10.7. The third-order valence-electron chi connectivity index (χ3n) is 3.59. The first-order valence-corrected chi connectivity index (χ1v) is 7.22. The summed E-state index contributed by atoms with van der Waals surface area (Å²) < 4.78 is 0. The fourth-order valence-corrected chi connectivity index (χ4v) is 2.37. The van der Waals surface area contributed by atoms with Gasteiger partial charge in [-0.15, -0.1) is 0 Å². The van der Waals surface area contributed by atoms with E-state index in [1.165, 1.54) is 0 Å². The van der Waals surface area contributed by atoms with Crippen molar-refractivity contribution in [3.63, 3.8) is 0 Å². The fraction of sp³-hybridized carbons (Fsp3) is 0.278. The molecule has 2 aromatic carbocycles. The van der Waals surface area contributed by atoms with Crippen LogP contribution in [0.25, 0.3) is 0 Å². The Morgan fingerprint density at radius 1 is 1.19 bits per heavy atom. The van der Waals surface area contributed by atoms with E-state index in [4.69, 9.17) is 5.73 Å². The Morgan fingerprint density at radius 3 is 2.57 bits per heavy atom. The predicted molar refractivity (Wildman–Crippen MR) is 87.6 cm³/mol. The Balaban J connectivity index is 2.31. The van der Waals surface area contributed by atoms with Crippen molar-refractivity contribution in [2.24, 2.45) is 5.73 Å². The van der Waals surface area contributed by atoms with Crippen LogP contribution in [0, 0.1) is 6.92 Å². The fourth-order valence-electron chi connectivity index (χ4n) is 2.37. The molecule has 3 heteroatoms. The molecular formula is C18H22N2O. The highest BCUT2D eigenvalue weighted by Crippen LogP contribution is 2.27. The van der Waals surface area contributed by atoms with Crippen LogP contribution in [0.15, 0.2) is 42.5 Å². The molecule has 0 fully saturated rings. The highest BCUT2D eigenvalue weighted by Gasteiger charge is 2.13. The van der Waals surface area contributed by atoms with Gasteiger partial charge in [0, 0.05) is 17.8 Å². The number of aryl methyl sites for hydroxylation is 1. The summed E-state index contributed by atoms with van der Waals surface area (Å²) in [4.78, 5) is 12.5. The zero-order valence-corrected chi connectivity index (χ0v) is 12.8. The van der Waals surface area contributed by atoms with Gasteiger partial charge in [-0.2, -0.15) is 0 Å². The largest absolute Gasteiger partial charge is 0.326 e. The van der Waals surface area contributed by atoms with Crippen molar-refractivity contribution in [1.82, 2.24) is 0 Å². The van der Waals surface area contributed by atoms with E-state index in [2.05, 4.69) is 25.2 Å². The maximum absolute atomic E-state index is 12.5. The molecule has 110 valence electrons. The van der Waals surface area contributed by atoms with Crippen molar-refractivity contribution in [1.29, 1.82) is 0 Å². The number of nitrogens with one attached hydrogen (secondary N) is 1. The van der Waals surface area contributed by atoms with E-state index < -0.39 is 0 Å². The summed E-state index contributed by atoms with van der Waals surface area (Å²) in [7, 11) is 0. The van der Waals surface area contributed by atoms with Crippen molar-refractivity contribution in [2.75, 3.05) is 5.32 Å². The molecule has 3 nitrogen and oxygen atoms in total. The highest BCUT2D eigenvalue weighted by molar-refractivity contribution is 6.05. The van der Waals surface area contributed by atoms with Crippen LogP contribution in [-0.2, 0) is 6.54 Å². The van der Waals surface area contributed by atoms with E-state index in [0.29, 0.717) is 18.0 Å². The summed E-state index contributed by atoms with van der Waals surface area (Å²) in [5.41, 5.74) is 10.4. The quantitative estimate of drug-likeness (QED) is 0.895. The molecule has 0 bridgehead atoms. The van der Waals surface area contributed by atoms with Gasteiger partial charge in [0.2, 0.25) is 0 Å². The van der Waals surface area contributed by atoms with E-state index in [1.54, 1.807) is 0 Å². The molecule has 0 saturated heterocycles. The molecule has 1 amide bonds. The van der Waals surface area contributed by atoms with Crippen molar-refractivity contribution < 1.29 is 4.79 Å². The molecule has 21 heavy (non-hydrogen) atoms. The number of para-hydroxylation sites is 1. The standard InChI is InChI=1S/C18H22N2O/c1-12(2)16-9-4-6-13(3)17(16)20-18(21)15-8-5-7-14(10-15)11-19/h4-10,12H,11,19H2,1-3H3,(H,20,21). The van der Waals surface area contributed by atoms with Gasteiger partial charge in [-0.05, 0) is 41.7 Å². The number of amides is 1. The molecule has 0 radical (unpaired) electrons. The number of benzene rings is 2. The van der Waals surface area contributed by atoms with E-state index in [9.17, 15) is 4.79 Å². The van der Waals surface area contributed by atoms with Crippen LogP contribution in [0.1, 0.15) is 46.8 Å². The minimum atomic E-state index is -0.0958. The van der Waals surface area contributed by atoms with E-state index in [0.717, 1.165) is 22.4 Å². The number of carbonyl (C=O) groups is 1. The van der Waals surface area contributed by atoms with Gasteiger partial charge in [0.1, 0.15) is 0 Å². The smallest absolute Gasteiger partial charge is 0.255 e. The maximum Gasteiger partial charge on any atom is 0.255 e. The minimum Gasteiger partial charge on any atom is -0.326 e. The van der Waals surface area contributed by atoms with Crippen molar-refractivity contribution >= 4 is 11.6 Å². The highest BCUT2D eigenvalue weighted by atomic mass is 16.1. The molecule has 3 N–H and O–H groups in total. The van der Waals surface area contributed by atoms with Gasteiger partial charge < -0.3 is 11.1 Å². The van der Waals surface area contributed by atoms with Gasteiger partial charge in [-0.3, -0.25) is 4.79 Å². The lowest BCUT2D eigenvalue weighted by molar-refractivity contribution is 0.102. The number of hydrogen-bond donors (Lipinski definition) is 2. The van der Waals surface area contributed by atoms with Crippen LogP contribution in [0.2, 0.25) is 0 Å². The summed E-state index contributed by atoms with van der Waals surface area (Å²) in [6, 6.07) is 13.5. The van der Waals surface area contributed by atoms with Crippen LogP contribution in [0.5, 0.6) is 0 Å². The van der Waals surface area contributed by atoms with Crippen LogP contribution < -0.4 is 11.1 Å². The molecule has 0 saturated carbocycles. The topological polar surface area (TPSA) is 55.1 Å². The molecule has 0 spiro atoms. The van der Waals surface area contributed by atoms with Gasteiger partial charge in [-0.25, -0.2) is 0 Å². The van der Waals surface area contributed by atoms with Crippen molar-refractivity contribution in [2.45, 2.75) is 33.2 Å². The number of hydrogen-bond acceptors (Lipinski definition) is 2. The Morgan fingerprint density at radius 2 is 1.90 bits per heavy atom. The lowest BCUT2D eigenvalue weighted by Crippen LogP contribution is -2.15. The van der Waals surface area contributed by atoms with Gasteiger partial charge in [0.15, 0.2) is 0 Å². The predicted octanol–water partition coefficient (Wildman–Crippen LogP) is 3.83. The first-order valence-electron chi connectivity index (χ1n) is 7.22. The second-order valence-electron chi connectivity index (χ2n) is 5.55. The SMILES string of the molecule is Cc1cccc(C(C)C)c1NC(=O)c1cccc(CN)c1. The van der Waals surface area contributed by atoms with Crippen LogP contribution in [-0.4, -0.2) is 5.91 Å². The van der Waals surface area contributed by atoms with E-state index >= 15 is 0 Å². The summed E-state index contributed by atoms with van der Waals surface area (Å²) in [5, 5.41) is 3.05. The number of rotatable bonds is 4. The molecule has 0 aliphatic carbocycles. The van der Waals surface area contributed by atoms with Gasteiger partial charge in [0.25, 0.3) is 5.91 Å². The Bertz CT molecular complexity index is 647. The van der Waals surface area contributed by atoms with Crippen LogP contribution >= 0.6 is 0 Å². The lowest BCUT2D eigenvalue weighted by atomic mass is 9.98. The molecular weight excluding hydrogens is 260 g/mol. The van der Waals surface area contributed by atoms with Gasteiger partial charge in [-0.1, -0.05) is 44.2 Å². The number of carbonyl (C=O) groups excluding carboxylic acids is 1. The third kappa shape index (κ3) is 3.50. The molecule has 2 aromatic rings. The van der Waals surface area contributed by atoms with Crippen LogP contribution in [0.3, 0.4) is 0 Å². The second kappa shape index (κ2) is 6.55. The maximum atomic E-state index is 12.5. The molecule has 0 unspecified atom stereocenters. The summed E-state index contributed by atoms with van der Waals surface area (Å²) >= 11 is 0. The Kier molecular flexibility index (Phi) is 4.76. The Labute approximate surface area is 126 Å². The third-order valence-corrected chi connectivity index (χ3v) is 3.59. The molecule has 0 atom stereocenters. The van der Waals surface area contributed by atoms with Crippen molar-refractivity contribution in [3.05, 3.63) is 64.7 Å². The first kappa shape index (κ1) is 15.3. The first-order chi connectivity index (χ1) is 10.0. The van der Waals surface area contributed by atoms with Gasteiger partial charge in [0.05, 0.1) is 0 Å². The monoisotopic (exact) mass is 282 g/mol. The van der Waals surface area contributed by atoms with E-state index in [1.807, 2.05) is 43.3 Å². The van der Waals surface area contributed by atoms with E-state index in [-0.39, 0.29) is 5.91 Å². The van der Waals surface area contributed by atoms with Crippen molar-refractivity contribution in [3.8, 4) is 0 Å². The average Bonchev–Trinajstić information content (AvgIpc) is 2.49. The molecule has 0 aromatic heterocycles. The zero-order chi connectivity index (χ0) is 15.4. The van der Waals surface area contributed by atoms with Crippen LogP contribution in [0.4, 0.5) is 5.69 Å². The minimum absolute atomic E-state index is 0.0958. The summed E-state index contributed by atoms with van der Waals surface area (Å²) in [6.07, 6.45) is 0. The summed E-state index contributed by atoms with van der Waals surface area (Å²) in [5.74, 6) is 0.261. The molecule has 0 heterocycles. The molecule has 2 rings (SSSR count). The second-order valence-corrected chi connectivity index (χ2v) is 5.55.